The normalized spacial score (nSPS) is 10.1. The van der Waals surface area contributed by atoms with Crippen LogP contribution in [0.25, 0.3) is 0 Å². The number of halogens is 1. The third kappa shape index (κ3) is 3.91. The Morgan fingerprint density at radius 3 is 2.87 bits per heavy atom. The third-order valence-electron chi connectivity index (χ3n) is 1.56. The minimum Gasteiger partial charge on any atom is -0.474 e. The number of nitrogens with zero attached hydrogens (tertiary/aromatic N) is 1. The van der Waals surface area contributed by atoms with Gasteiger partial charge in [-0.25, -0.2) is 4.98 Å². The van der Waals surface area contributed by atoms with Crippen LogP contribution in [-0.2, 0) is 9.57 Å². The van der Waals surface area contributed by atoms with E-state index in [0.717, 1.165) is 0 Å². The molecule has 1 aromatic rings. The summed E-state index contributed by atoms with van der Waals surface area (Å²) in [7, 11) is 3.10. The number of methoxy groups -OCH3 is 1. The van der Waals surface area contributed by atoms with Crippen LogP contribution in [0.1, 0.15) is 0 Å². The molecule has 0 aliphatic heterocycles. The number of pyridine rings is 1. The van der Waals surface area contributed by atoms with Crippen LogP contribution in [0, 0.1) is 0 Å². The lowest BCUT2D eigenvalue weighted by Crippen LogP contribution is -2.08. The summed E-state index contributed by atoms with van der Waals surface area (Å²) >= 11 is 5.78. The fraction of sp³-hybridized carbons (Fsp3) is 0.444. The molecule has 0 fully saturated rings. The Morgan fingerprint density at radius 2 is 2.20 bits per heavy atom. The molecule has 1 aromatic heterocycles. The summed E-state index contributed by atoms with van der Waals surface area (Å²) in [5, 5.41) is 0.508. The Bertz CT molecular complexity index is 309. The summed E-state index contributed by atoms with van der Waals surface area (Å²) in [6.07, 6.45) is 1.50. The van der Waals surface area contributed by atoms with E-state index in [9.17, 15) is 0 Å². The number of nitrogens with one attached hydrogen (secondary N) is 1. The highest BCUT2D eigenvalue weighted by Gasteiger charge is 2.05. The van der Waals surface area contributed by atoms with Crippen molar-refractivity contribution in [3.8, 4) is 5.88 Å². The molecule has 0 saturated carbocycles. The number of hydrogen-bond acceptors (Lipinski definition) is 5. The summed E-state index contributed by atoms with van der Waals surface area (Å²) in [6, 6.07) is 1.67. The standard InChI is InChI=1S/C9H13ClN2O3/c1-13-3-4-15-9-8(12-14-2)5-7(10)6-11-9/h5-6,12H,3-4H2,1-2H3. The molecule has 84 valence electrons. The van der Waals surface area contributed by atoms with Gasteiger partial charge < -0.3 is 9.47 Å². The first-order chi connectivity index (χ1) is 7.27. The zero-order chi connectivity index (χ0) is 11.1. The molecular formula is C9H13ClN2O3. The maximum atomic E-state index is 5.78. The van der Waals surface area contributed by atoms with Gasteiger partial charge in [0.25, 0.3) is 0 Å². The summed E-state index contributed by atoms with van der Waals surface area (Å²) in [5.41, 5.74) is 3.22. The topological polar surface area (TPSA) is 52.6 Å². The summed E-state index contributed by atoms with van der Waals surface area (Å²) < 4.78 is 10.2. The van der Waals surface area contributed by atoms with Crippen molar-refractivity contribution in [2.45, 2.75) is 0 Å². The quantitative estimate of drug-likeness (QED) is 0.598. The smallest absolute Gasteiger partial charge is 0.239 e. The molecule has 0 aliphatic rings. The van der Waals surface area contributed by atoms with Crippen molar-refractivity contribution >= 4 is 17.3 Å². The van der Waals surface area contributed by atoms with Crippen LogP contribution in [0.4, 0.5) is 5.69 Å². The van der Waals surface area contributed by atoms with Gasteiger partial charge in [-0.2, -0.15) is 0 Å². The van der Waals surface area contributed by atoms with Crippen molar-refractivity contribution in [3.63, 3.8) is 0 Å². The monoisotopic (exact) mass is 232 g/mol. The minimum absolute atomic E-state index is 0.420. The summed E-state index contributed by atoms with van der Waals surface area (Å²) in [6.45, 7) is 0.917. The molecule has 0 unspecified atom stereocenters. The molecular weight excluding hydrogens is 220 g/mol. The van der Waals surface area contributed by atoms with E-state index in [1.165, 1.54) is 13.3 Å². The van der Waals surface area contributed by atoms with Crippen molar-refractivity contribution in [2.75, 3.05) is 32.9 Å². The first kappa shape index (κ1) is 12.0. The predicted molar refractivity (Wildman–Crippen MR) is 57.2 cm³/mol. The van der Waals surface area contributed by atoms with Crippen molar-refractivity contribution in [3.05, 3.63) is 17.3 Å². The van der Waals surface area contributed by atoms with Gasteiger partial charge in [-0.15, -0.1) is 0 Å². The molecule has 5 nitrogen and oxygen atoms in total. The molecule has 0 amide bonds. The Morgan fingerprint density at radius 1 is 1.40 bits per heavy atom. The zero-order valence-electron chi connectivity index (χ0n) is 8.62. The number of anilines is 1. The lowest BCUT2D eigenvalue weighted by molar-refractivity contribution is 0.143. The molecule has 0 spiro atoms. The Hall–Kier alpha value is -1.04. The van der Waals surface area contributed by atoms with E-state index in [4.69, 9.17) is 25.9 Å². The first-order valence-corrected chi connectivity index (χ1v) is 4.72. The number of hydrogen-bond donors (Lipinski definition) is 1. The molecule has 0 saturated heterocycles. The van der Waals surface area contributed by atoms with Crippen LogP contribution < -0.4 is 10.2 Å². The molecule has 0 aliphatic carbocycles. The molecule has 1 rings (SSSR count). The fourth-order valence-electron chi connectivity index (χ4n) is 0.946. The van der Waals surface area contributed by atoms with Gasteiger partial charge in [-0.05, 0) is 6.07 Å². The molecule has 6 heteroatoms. The highest BCUT2D eigenvalue weighted by atomic mass is 35.5. The van der Waals surface area contributed by atoms with E-state index >= 15 is 0 Å². The van der Waals surface area contributed by atoms with Crippen LogP contribution in [-0.4, -0.2) is 32.4 Å². The second-order valence-corrected chi connectivity index (χ2v) is 3.09. The van der Waals surface area contributed by atoms with Crippen molar-refractivity contribution in [2.24, 2.45) is 0 Å². The van der Waals surface area contributed by atoms with E-state index in [0.29, 0.717) is 29.8 Å². The molecule has 0 bridgehead atoms. The van der Waals surface area contributed by atoms with Crippen molar-refractivity contribution in [1.82, 2.24) is 4.98 Å². The SMILES string of the molecule is COCCOc1ncc(Cl)cc1NOC. The van der Waals surface area contributed by atoms with Gasteiger partial charge >= 0.3 is 0 Å². The van der Waals surface area contributed by atoms with Crippen molar-refractivity contribution < 1.29 is 14.3 Å². The van der Waals surface area contributed by atoms with E-state index in [-0.39, 0.29) is 0 Å². The lowest BCUT2D eigenvalue weighted by atomic mass is 10.4. The maximum absolute atomic E-state index is 5.78. The second kappa shape index (κ2) is 6.44. The van der Waals surface area contributed by atoms with Gasteiger partial charge in [0.05, 0.1) is 18.7 Å². The number of rotatable bonds is 6. The van der Waals surface area contributed by atoms with Gasteiger partial charge in [0.1, 0.15) is 12.3 Å². The third-order valence-corrected chi connectivity index (χ3v) is 1.76. The predicted octanol–water partition coefficient (Wildman–Crippen LogP) is 1.73. The van der Waals surface area contributed by atoms with E-state index in [1.807, 2.05) is 0 Å². The highest BCUT2D eigenvalue weighted by molar-refractivity contribution is 6.30. The second-order valence-electron chi connectivity index (χ2n) is 2.65. The van der Waals surface area contributed by atoms with Gasteiger partial charge in [-0.3, -0.25) is 10.3 Å². The molecule has 0 aromatic carbocycles. The maximum Gasteiger partial charge on any atom is 0.239 e. The summed E-state index contributed by atoms with van der Waals surface area (Å²) in [4.78, 5) is 8.79. The average molecular weight is 233 g/mol. The number of aromatic nitrogens is 1. The number of ether oxygens (including phenoxy) is 2. The highest BCUT2D eigenvalue weighted by Crippen LogP contribution is 2.24. The molecule has 15 heavy (non-hydrogen) atoms. The molecule has 0 atom stereocenters. The van der Waals surface area contributed by atoms with Crippen LogP contribution in [0.5, 0.6) is 5.88 Å². The van der Waals surface area contributed by atoms with Crippen LogP contribution in [0.15, 0.2) is 12.3 Å². The van der Waals surface area contributed by atoms with Crippen LogP contribution in [0.3, 0.4) is 0 Å². The summed E-state index contributed by atoms with van der Waals surface area (Å²) in [5.74, 6) is 0.429. The van der Waals surface area contributed by atoms with E-state index in [2.05, 4.69) is 10.5 Å². The lowest BCUT2D eigenvalue weighted by Gasteiger charge is -2.10. The van der Waals surface area contributed by atoms with Gasteiger partial charge in [0.2, 0.25) is 5.88 Å². The van der Waals surface area contributed by atoms with Gasteiger partial charge in [-0.1, -0.05) is 11.6 Å². The largest absolute Gasteiger partial charge is 0.474 e. The van der Waals surface area contributed by atoms with Crippen LogP contribution in [0.2, 0.25) is 5.02 Å². The van der Waals surface area contributed by atoms with Crippen molar-refractivity contribution in [1.29, 1.82) is 0 Å². The molecule has 1 heterocycles. The Balaban J connectivity index is 2.67. The van der Waals surface area contributed by atoms with Gasteiger partial charge in [0, 0.05) is 13.3 Å². The van der Waals surface area contributed by atoms with Gasteiger partial charge in [0.15, 0.2) is 0 Å². The molecule has 1 N–H and O–H groups in total. The van der Waals surface area contributed by atoms with E-state index in [1.54, 1.807) is 13.2 Å². The Labute approximate surface area is 93.3 Å². The Kier molecular flexibility index (Phi) is 5.17. The molecule has 0 radical (unpaired) electrons. The van der Waals surface area contributed by atoms with E-state index < -0.39 is 0 Å². The average Bonchev–Trinajstić information content (AvgIpc) is 2.22. The minimum atomic E-state index is 0.420. The first-order valence-electron chi connectivity index (χ1n) is 4.34. The van der Waals surface area contributed by atoms with Crippen LogP contribution >= 0.6 is 11.6 Å². The fourth-order valence-corrected chi connectivity index (χ4v) is 1.10. The zero-order valence-corrected chi connectivity index (χ0v) is 9.37.